The maximum absolute atomic E-state index is 11.6. The highest BCUT2D eigenvalue weighted by molar-refractivity contribution is 5.90. The molecule has 0 aliphatic rings. The highest BCUT2D eigenvalue weighted by Crippen LogP contribution is 2.04. The van der Waals surface area contributed by atoms with Crippen molar-refractivity contribution in [2.45, 2.75) is 19.4 Å². The summed E-state index contributed by atoms with van der Waals surface area (Å²) in [5.74, 6) is 0.785. The molecule has 1 amide bonds. The van der Waals surface area contributed by atoms with E-state index in [1.807, 2.05) is 19.1 Å². The van der Waals surface area contributed by atoms with Crippen LogP contribution < -0.4 is 5.32 Å². The Morgan fingerprint density at radius 1 is 1.69 bits per heavy atom. The van der Waals surface area contributed by atoms with E-state index in [0.717, 1.165) is 5.76 Å². The second-order valence-corrected chi connectivity index (χ2v) is 3.49. The number of nitrogens with one attached hydrogen (secondary N) is 2. The lowest BCUT2D eigenvalue weighted by Gasteiger charge is -2.10. The zero-order valence-electron chi connectivity index (χ0n) is 8.80. The number of carbonyl (C=O) groups is 1. The predicted molar refractivity (Wildman–Crippen MR) is 55.7 cm³/mol. The predicted octanol–water partition coefficient (Wildman–Crippen LogP) is 0.759. The number of aromatic nitrogens is 3. The minimum absolute atomic E-state index is 0.0243. The lowest BCUT2D eigenvalue weighted by Crippen LogP contribution is -2.34. The molecule has 2 N–H and O–H groups in total. The number of H-pyrrole nitrogens is 1. The van der Waals surface area contributed by atoms with Gasteiger partial charge in [-0.15, -0.1) is 0 Å². The van der Waals surface area contributed by atoms with Crippen molar-refractivity contribution in [2.75, 3.05) is 0 Å². The van der Waals surface area contributed by atoms with Crippen molar-refractivity contribution in [3.63, 3.8) is 0 Å². The van der Waals surface area contributed by atoms with Gasteiger partial charge in [-0.05, 0) is 19.1 Å². The zero-order valence-corrected chi connectivity index (χ0v) is 8.80. The van der Waals surface area contributed by atoms with E-state index in [1.54, 1.807) is 6.26 Å². The van der Waals surface area contributed by atoms with Crippen LogP contribution in [0, 0.1) is 0 Å². The van der Waals surface area contributed by atoms with Crippen LogP contribution in [0.3, 0.4) is 0 Å². The summed E-state index contributed by atoms with van der Waals surface area (Å²) in [6.07, 6.45) is 3.55. The molecule has 16 heavy (non-hydrogen) atoms. The average molecular weight is 220 g/mol. The van der Waals surface area contributed by atoms with Gasteiger partial charge in [-0.1, -0.05) is 0 Å². The van der Waals surface area contributed by atoms with Crippen LogP contribution >= 0.6 is 0 Å². The molecule has 6 nitrogen and oxygen atoms in total. The second-order valence-electron chi connectivity index (χ2n) is 3.49. The van der Waals surface area contributed by atoms with Gasteiger partial charge in [0.1, 0.15) is 12.1 Å². The summed E-state index contributed by atoms with van der Waals surface area (Å²) in [6.45, 7) is 1.90. The molecule has 0 spiro atoms. The molecule has 0 aliphatic carbocycles. The molecule has 0 bridgehead atoms. The van der Waals surface area contributed by atoms with E-state index in [0.29, 0.717) is 6.42 Å². The summed E-state index contributed by atoms with van der Waals surface area (Å²) in [5, 5.41) is 8.90. The number of aromatic amines is 1. The first kappa shape index (κ1) is 10.4. The van der Waals surface area contributed by atoms with E-state index in [9.17, 15) is 4.79 Å². The van der Waals surface area contributed by atoms with Gasteiger partial charge < -0.3 is 9.73 Å². The van der Waals surface area contributed by atoms with Gasteiger partial charge in [-0.2, -0.15) is 5.10 Å². The van der Waals surface area contributed by atoms with Gasteiger partial charge in [-0.25, -0.2) is 4.98 Å². The largest absolute Gasteiger partial charge is 0.469 e. The number of hydrogen-bond donors (Lipinski definition) is 2. The van der Waals surface area contributed by atoms with Crippen LogP contribution in [0.5, 0.6) is 0 Å². The molecule has 1 atom stereocenters. The van der Waals surface area contributed by atoms with Crippen molar-refractivity contribution in [3.05, 3.63) is 36.3 Å². The molecule has 2 aromatic heterocycles. The standard InChI is InChI=1S/C10H12N4O2/c1-7(5-8-3-2-4-16-8)13-10(15)9-11-6-12-14-9/h2-4,6-7H,5H2,1H3,(H,13,15)(H,11,12,14). The molecule has 0 saturated heterocycles. The number of furan rings is 1. The Balaban J connectivity index is 1.88. The fourth-order valence-corrected chi connectivity index (χ4v) is 1.39. The fourth-order valence-electron chi connectivity index (χ4n) is 1.39. The minimum atomic E-state index is -0.267. The quantitative estimate of drug-likeness (QED) is 0.796. The molecular weight excluding hydrogens is 208 g/mol. The molecule has 0 radical (unpaired) electrons. The lowest BCUT2D eigenvalue weighted by molar-refractivity contribution is 0.0929. The molecule has 2 rings (SSSR count). The van der Waals surface area contributed by atoms with E-state index in [-0.39, 0.29) is 17.8 Å². The third-order valence-electron chi connectivity index (χ3n) is 2.10. The van der Waals surface area contributed by atoms with Crippen LogP contribution in [0.2, 0.25) is 0 Å². The van der Waals surface area contributed by atoms with Crippen molar-refractivity contribution >= 4 is 5.91 Å². The molecule has 6 heteroatoms. The number of hydrogen-bond acceptors (Lipinski definition) is 4. The number of nitrogens with zero attached hydrogens (tertiary/aromatic N) is 2. The van der Waals surface area contributed by atoms with Crippen molar-refractivity contribution in [3.8, 4) is 0 Å². The Kier molecular flexibility index (Phi) is 3.00. The zero-order chi connectivity index (χ0) is 11.4. The molecule has 0 saturated carbocycles. The van der Waals surface area contributed by atoms with Crippen molar-refractivity contribution < 1.29 is 9.21 Å². The van der Waals surface area contributed by atoms with E-state index in [4.69, 9.17) is 4.42 Å². The second kappa shape index (κ2) is 4.61. The maximum atomic E-state index is 11.6. The monoisotopic (exact) mass is 220 g/mol. The molecule has 1 unspecified atom stereocenters. The Hall–Kier alpha value is -2.11. The number of rotatable bonds is 4. The smallest absolute Gasteiger partial charge is 0.288 e. The Morgan fingerprint density at radius 3 is 3.19 bits per heavy atom. The first-order valence-corrected chi connectivity index (χ1v) is 4.94. The summed E-state index contributed by atoms with van der Waals surface area (Å²) in [5.41, 5.74) is 0. The van der Waals surface area contributed by atoms with Crippen LogP contribution in [0.25, 0.3) is 0 Å². The summed E-state index contributed by atoms with van der Waals surface area (Å²) in [7, 11) is 0. The topological polar surface area (TPSA) is 83.8 Å². The summed E-state index contributed by atoms with van der Waals surface area (Å²) < 4.78 is 5.19. The molecular formula is C10H12N4O2. The average Bonchev–Trinajstić information content (AvgIpc) is 2.88. The van der Waals surface area contributed by atoms with Gasteiger partial charge in [0.25, 0.3) is 5.91 Å². The van der Waals surface area contributed by atoms with Gasteiger partial charge in [-0.3, -0.25) is 9.89 Å². The summed E-state index contributed by atoms with van der Waals surface area (Å²) >= 11 is 0. The molecule has 2 heterocycles. The highest BCUT2D eigenvalue weighted by Gasteiger charge is 2.13. The van der Waals surface area contributed by atoms with Gasteiger partial charge in [0, 0.05) is 12.5 Å². The van der Waals surface area contributed by atoms with Gasteiger partial charge in [0.05, 0.1) is 6.26 Å². The lowest BCUT2D eigenvalue weighted by atomic mass is 10.2. The normalized spacial score (nSPS) is 12.3. The van der Waals surface area contributed by atoms with Crippen LogP contribution in [-0.2, 0) is 6.42 Å². The van der Waals surface area contributed by atoms with E-state index < -0.39 is 0 Å². The molecule has 0 aliphatic heterocycles. The fraction of sp³-hybridized carbons (Fsp3) is 0.300. The third-order valence-corrected chi connectivity index (χ3v) is 2.10. The van der Waals surface area contributed by atoms with Crippen molar-refractivity contribution in [1.29, 1.82) is 0 Å². The Bertz CT molecular complexity index is 435. The molecule has 2 aromatic rings. The summed E-state index contributed by atoms with van der Waals surface area (Å²) in [6, 6.07) is 3.67. The van der Waals surface area contributed by atoms with E-state index in [2.05, 4.69) is 20.5 Å². The first-order valence-electron chi connectivity index (χ1n) is 4.94. The van der Waals surface area contributed by atoms with Crippen molar-refractivity contribution in [1.82, 2.24) is 20.5 Å². The van der Waals surface area contributed by atoms with Gasteiger partial charge in [0.15, 0.2) is 0 Å². The third kappa shape index (κ3) is 2.47. The van der Waals surface area contributed by atoms with Crippen LogP contribution in [-0.4, -0.2) is 27.1 Å². The minimum Gasteiger partial charge on any atom is -0.469 e. The van der Waals surface area contributed by atoms with Gasteiger partial charge in [0.2, 0.25) is 5.82 Å². The number of amides is 1. The first-order chi connectivity index (χ1) is 7.75. The molecule has 0 aromatic carbocycles. The van der Waals surface area contributed by atoms with E-state index >= 15 is 0 Å². The van der Waals surface area contributed by atoms with Gasteiger partial charge >= 0.3 is 0 Å². The number of carbonyl (C=O) groups excluding carboxylic acids is 1. The van der Waals surface area contributed by atoms with Crippen molar-refractivity contribution in [2.24, 2.45) is 0 Å². The van der Waals surface area contributed by atoms with E-state index in [1.165, 1.54) is 6.33 Å². The SMILES string of the molecule is CC(Cc1ccco1)NC(=O)c1ncn[nH]1. The highest BCUT2D eigenvalue weighted by atomic mass is 16.3. The maximum Gasteiger partial charge on any atom is 0.288 e. The molecule has 84 valence electrons. The Morgan fingerprint density at radius 2 is 2.56 bits per heavy atom. The van der Waals surface area contributed by atoms with Crippen LogP contribution in [0.1, 0.15) is 23.3 Å². The molecule has 0 fully saturated rings. The summed E-state index contributed by atoms with van der Waals surface area (Å²) in [4.78, 5) is 15.3. The van der Waals surface area contributed by atoms with Crippen LogP contribution in [0.15, 0.2) is 29.1 Å². The van der Waals surface area contributed by atoms with Crippen LogP contribution in [0.4, 0.5) is 0 Å². The Labute approximate surface area is 92.1 Å².